The molecule has 0 amide bonds. The number of hydrogen-bond acceptors (Lipinski definition) is 2. The van der Waals surface area contributed by atoms with Gasteiger partial charge in [0.05, 0.1) is 5.60 Å². The van der Waals surface area contributed by atoms with Crippen LogP contribution < -0.4 is 5.32 Å². The highest BCUT2D eigenvalue weighted by Crippen LogP contribution is 2.61. The van der Waals surface area contributed by atoms with E-state index < -0.39 is 0 Å². The van der Waals surface area contributed by atoms with E-state index >= 15 is 0 Å². The molecule has 1 saturated heterocycles. The molecule has 0 aromatic heterocycles. The fourth-order valence-corrected chi connectivity index (χ4v) is 3.21. The van der Waals surface area contributed by atoms with Gasteiger partial charge in [-0.2, -0.15) is 0 Å². The first-order valence-corrected chi connectivity index (χ1v) is 6.43. The van der Waals surface area contributed by atoms with Gasteiger partial charge in [0, 0.05) is 6.61 Å². The SMILES string of the molecule is CCCNCC1CC12CCOC(C)(C)C2. The van der Waals surface area contributed by atoms with Gasteiger partial charge in [-0.15, -0.1) is 0 Å². The molecule has 0 aromatic carbocycles. The third kappa shape index (κ3) is 2.54. The maximum absolute atomic E-state index is 5.79. The summed E-state index contributed by atoms with van der Waals surface area (Å²) in [7, 11) is 0. The molecule has 15 heavy (non-hydrogen) atoms. The van der Waals surface area contributed by atoms with Gasteiger partial charge in [0.1, 0.15) is 0 Å². The first-order chi connectivity index (χ1) is 7.08. The van der Waals surface area contributed by atoms with Crippen LogP contribution in [-0.2, 0) is 4.74 Å². The molecule has 2 atom stereocenters. The van der Waals surface area contributed by atoms with Crippen molar-refractivity contribution >= 4 is 0 Å². The van der Waals surface area contributed by atoms with Gasteiger partial charge in [-0.05, 0) is 64.0 Å². The molecule has 1 aliphatic heterocycles. The summed E-state index contributed by atoms with van der Waals surface area (Å²) in [5.74, 6) is 0.923. The van der Waals surface area contributed by atoms with Crippen molar-refractivity contribution in [2.45, 2.75) is 52.1 Å². The lowest BCUT2D eigenvalue weighted by atomic mass is 9.84. The number of rotatable bonds is 4. The van der Waals surface area contributed by atoms with E-state index in [4.69, 9.17) is 4.74 Å². The van der Waals surface area contributed by atoms with E-state index in [2.05, 4.69) is 26.1 Å². The summed E-state index contributed by atoms with van der Waals surface area (Å²) in [6, 6.07) is 0. The lowest BCUT2D eigenvalue weighted by molar-refractivity contribution is -0.0821. The quantitative estimate of drug-likeness (QED) is 0.722. The zero-order valence-corrected chi connectivity index (χ0v) is 10.4. The van der Waals surface area contributed by atoms with Crippen LogP contribution in [0.3, 0.4) is 0 Å². The molecule has 2 fully saturated rings. The molecule has 0 radical (unpaired) electrons. The van der Waals surface area contributed by atoms with E-state index in [1.165, 1.54) is 38.8 Å². The normalized spacial score (nSPS) is 38.2. The minimum Gasteiger partial charge on any atom is -0.376 e. The summed E-state index contributed by atoms with van der Waals surface area (Å²) in [4.78, 5) is 0. The second kappa shape index (κ2) is 4.06. The van der Waals surface area contributed by atoms with E-state index in [0.29, 0.717) is 5.41 Å². The van der Waals surface area contributed by atoms with Crippen molar-refractivity contribution < 1.29 is 4.74 Å². The van der Waals surface area contributed by atoms with Crippen LogP contribution >= 0.6 is 0 Å². The Hall–Kier alpha value is -0.0800. The Bertz CT molecular complexity index is 227. The molecular formula is C13H25NO. The zero-order chi connectivity index (χ0) is 10.9. The molecule has 1 spiro atoms. The molecule has 2 nitrogen and oxygen atoms in total. The maximum Gasteiger partial charge on any atom is 0.0631 e. The number of ether oxygens (including phenoxy) is 1. The van der Waals surface area contributed by atoms with Crippen molar-refractivity contribution in [1.82, 2.24) is 5.32 Å². The maximum atomic E-state index is 5.79. The van der Waals surface area contributed by atoms with Gasteiger partial charge in [-0.3, -0.25) is 0 Å². The fraction of sp³-hybridized carbons (Fsp3) is 1.00. The molecule has 1 N–H and O–H groups in total. The van der Waals surface area contributed by atoms with Crippen molar-refractivity contribution in [3.05, 3.63) is 0 Å². The summed E-state index contributed by atoms with van der Waals surface area (Å²) in [5.41, 5.74) is 0.764. The zero-order valence-electron chi connectivity index (χ0n) is 10.4. The van der Waals surface area contributed by atoms with Gasteiger partial charge in [0.25, 0.3) is 0 Å². The highest BCUT2D eigenvalue weighted by molar-refractivity contribution is 5.07. The van der Waals surface area contributed by atoms with E-state index in [-0.39, 0.29) is 5.60 Å². The Kier molecular flexibility index (Phi) is 3.09. The third-order valence-corrected chi connectivity index (χ3v) is 4.05. The van der Waals surface area contributed by atoms with Crippen molar-refractivity contribution in [3.63, 3.8) is 0 Å². The summed E-state index contributed by atoms with van der Waals surface area (Å²) in [5, 5.41) is 3.56. The Morgan fingerprint density at radius 2 is 2.20 bits per heavy atom. The van der Waals surface area contributed by atoms with E-state index in [1.54, 1.807) is 0 Å². The Labute approximate surface area is 93.8 Å². The first-order valence-electron chi connectivity index (χ1n) is 6.43. The predicted octanol–water partition coefficient (Wildman–Crippen LogP) is 2.58. The Balaban J connectivity index is 1.79. The predicted molar refractivity (Wildman–Crippen MR) is 63.0 cm³/mol. The van der Waals surface area contributed by atoms with Gasteiger partial charge < -0.3 is 10.1 Å². The lowest BCUT2D eigenvalue weighted by Gasteiger charge is -2.36. The highest BCUT2D eigenvalue weighted by Gasteiger charge is 2.57. The largest absolute Gasteiger partial charge is 0.376 e. The first kappa shape index (κ1) is 11.4. The third-order valence-electron chi connectivity index (χ3n) is 4.05. The highest BCUT2D eigenvalue weighted by atomic mass is 16.5. The van der Waals surface area contributed by atoms with Crippen molar-refractivity contribution in [1.29, 1.82) is 0 Å². The van der Waals surface area contributed by atoms with Crippen LogP contribution in [0.4, 0.5) is 0 Å². The fourth-order valence-electron chi connectivity index (χ4n) is 3.21. The number of hydrogen-bond donors (Lipinski definition) is 1. The minimum atomic E-state index is 0.123. The van der Waals surface area contributed by atoms with Gasteiger partial charge in [-0.25, -0.2) is 0 Å². The van der Waals surface area contributed by atoms with Crippen molar-refractivity contribution in [3.8, 4) is 0 Å². The molecular weight excluding hydrogens is 186 g/mol. The summed E-state index contributed by atoms with van der Waals surface area (Å²) >= 11 is 0. The van der Waals surface area contributed by atoms with Crippen LogP contribution in [-0.4, -0.2) is 25.3 Å². The molecule has 1 heterocycles. The van der Waals surface area contributed by atoms with E-state index in [0.717, 1.165) is 12.5 Å². The van der Waals surface area contributed by atoms with Crippen molar-refractivity contribution in [2.24, 2.45) is 11.3 Å². The molecule has 1 aliphatic carbocycles. The van der Waals surface area contributed by atoms with Crippen LogP contribution in [0.15, 0.2) is 0 Å². The van der Waals surface area contributed by atoms with Gasteiger partial charge >= 0.3 is 0 Å². The van der Waals surface area contributed by atoms with E-state index in [1.807, 2.05) is 0 Å². The monoisotopic (exact) mass is 211 g/mol. The molecule has 88 valence electrons. The van der Waals surface area contributed by atoms with Crippen LogP contribution in [0, 0.1) is 11.3 Å². The standard InChI is InChI=1S/C13H25NO/c1-4-6-14-9-11-8-13(11)5-7-15-12(2,3)10-13/h11,14H,4-10H2,1-3H3. The lowest BCUT2D eigenvalue weighted by Crippen LogP contribution is -2.36. The van der Waals surface area contributed by atoms with Crippen LogP contribution in [0.25, 0.3) is 0 Å². The Morgan fingerprint density at radius 1 is 1.40 bits per heavy atom. The second-order valence-corrected chi connectivity index (χ2v) is 6.00. The van der Waals surface area contributed by atoms with E-state index in [9.17, 15) is 0 Å². The average Bonchev–Trinajstić information content (AvgIpc) is 2.76. The van der Waals surface area contributed by atoms with Crippen LogP contribution in [0.1, 0.15) is 46.5 Å². The average molecular weight is 211 g/mol. The summed E-state index contributed by atoms with van der Waals surface area (Å²) in [6.45, 7) is 10.1. The molecule has 0 bridgehead atoms. The molecule has 2 aliphatic rings. The minimum absolute atomic E-state index is 0.123. The van der Waals surface area contributed by atoms with Gasteiger partial charge in [0.2, 0.25) is 0 Å². The molecule has 2 unspecified atom stereocenters. The van der Waals surface area contributed by atoms with Gasteiger partial charge in [0.15, 0.2) is 0 Å². The second-order valence-electron chi connectivity index (χ2n) is 6.00. The Morgan fingerprint density at radius 3 is 2.87 bits per heavy atom. The van der Waals surface area contributed by atoms with Crippen LogP contribution in [0.2, 0.25) is 0 Å². The molecule has 2 heteroatoms. The molecule has 0 aromatic rings. The molecule has 1 saturated carbocycles. The molecule has 2 rings (SSSR count). The smallest absolute Gasteiger partial charge is 0.0631 e. The number of nitrogens with one attached hydrogen (secondary N) is 1. The topological polar surface area (TPSA) is 21.3 Å². The van der Waals surface area contributed by atoms with Crippen molar-refractivity contribution in [2.75, 3.05) is 19.7 Å². The summed E-state index contributed by atoms with van der Waals surface area (Å²) < 4.78 is 5.79. The summed E-state index contributed by atoms with van der Waals surface area (Å²) in [6.07, 6.45) is 5.22. The van der Waals surface area contributed by atoms with Gasteiger partial charge in [-0.1, -0.05) is 6.92 Å². The van der Waals surface area contributed by atoms with Crippen LogP contribution in [0.5, 0.6) is 0 Å².